The summed E-state index contributed by atoms with van der Waals surface area (Å²) in [5.74, 6) is -0.426. The van der Waals surface area contributed by atoms with Crippen molar-refractivity contribution in [3.05, 3.63) is 82.9 Å². The Morgan fingerprint density at radius 3 is 2.61 bits per heavy atom. The maximum atomic E-state index is 13.5. The Kier molecular flexibility index (Phi) is 5.89. The lowest BCUT2D eigenvalue weighted by Gasteiger charge is -2.12. The number of carbonyl (C=O) groups is 2. The highest BCUT2D eigenvalue weighted by Gasteiger charge is 2.59. The molecule has 1 aromatic heterocycles. The lowest BCUT2D eigenvalue weighted by atomic mass is 10.00. The van der Waals surface area contributed by atoms with E-state index in [-0.39, 0.29) is 53.7 Å². The molecule has 1 N–H and O–H groups in total. The van der Waals surface area contributed by atoms with Crippen molar-refractivity contribution < 1.29 is 36.6 Å². The normalized spacial score (nSPS) is 19.6. The zero-order valence-electron chi connectivity index (χ0n) is 18.9. The Morgan fingerprint density at radius 1 is 1.08 bits per heavy atom. The molecule has 0 bridgehead atoms. The summed E-state index contributed by atoms with van der Waals surface area (Å²) in [5.41, 5.74) is -0.164. The van der Waals surface area contributed by atoms with Crippen LogP contribution in [0.15, 0.2) is 54.7 Å². The van der Waals surface area contributed by atoms with Gasteiger partial charge in [0.2, 0.25) is 0 Å². The highest BCUT2D eigenvalue weighted by Crippen LogP contribution is 2.60. The molecule has 2 aromatic carbocycles. The Balaban J connectivity index is 1.24. The molecular weight excluding hydrogens is 480 g/mol. The van der Waals surface area contributed by atoms with Gasteiger partial charge in [0.05, 0.1) is 5.56 Å². The Hall–Kier alpha value is -3.95. The highest BCUT2D eigenvalue weighted by atomic mass is 19.4. The molecule has 0 saturated heterocycles. The molecule has 2 aliphatic rings. The van der Waals surface area contributed by atoms with Crippen LogP contribution in [0.2, 0.25) is 0 Å². The molecule has 186 valence electrons. The minimum absolute atomic E-state index is 0.0228. The maximum absolute atomic E-state index is 13.5. The molecule has 1 amide bonds. The summed E-state index contributed by atoms with van der Waals surface area (Å²) in [7, 11) is 1.50. The van der Waals surface area contributed by atoms with Crippen LogP contribution in [-0.2, 0) is 17.4 Å². The number of rotatable bonds is 7. The smallest absolute Gasteiger partial charge is 0.419 e. The minimum Gasteiger partial charge on any atom is -0.489 e. The summed E-state index contributed by atoms with van der Waals surface area (Å²) in [6, 6.07) is 11.1. The summed E-state index contributed by atoms with van der Waals surface area (Å²) >= 11 is 0. The van der Waals surface area contributed by atoms with Crippen molar-refractivity contribution in [1.29, 1.82) is 0 Å². The van der Waals surface area contributed by atoms with Crippen molar-refractivity contribution in [1.82, 2.24) is 10.3 Å². The number of halogens is 4. The number of alkyl halides is 3. The Morgan fingerprint density at radius 2 is 1.86 bits per heavy atom. The molecule has 3 aromatic rings. The number of nitrogens with one attached hydrogen (secondary N) is 1. The van der Waals surface area contributed by atoms with Gasteiger partial charge >= 0.3 is 6.18 Å². The lowest BCUT2D eigenvalue weighted by Crippen LogP contribution is -2.18. The largest absolute Gasteiger partial charge is 0.489 e. The topological polar surface area (TPSA) is 77.5 Å². The third kappa shape index (κ3) is 4.62. The average molecular weight is 500 g/mol. The van der Waals surface area contributed by atoms with Crippen molar-refractivity contribution in [3.8, 4) is 17.2 Å². The van der Waals surface area contributed by atoms with Crippen LogP contribution in [0.4, 0.5) is 17.6 Å². The van der Waals surface area contributed by atoms with Gasteiger partial charge < -0.3 is 14.8 Å². The number of aromatic nitrogens is 1. The molecule has 1 fully saturated rings. The summed E-state index contributed by atoms with van der Waals surface area (Å²) in [4.78, 5) is 28.4. The van der Waals surface area contributed by atoms with Crippen molar-refractivity contribution >= 4 is 11.7 Å². The predicted molar refractivity (Wildman–Crippen MR) is 120 cm³/mol. The summed E-state index contributed by atoms with van der Waals surface area (Å²) in [5, 5.41) is 2.50. The van der Waals surface area contributed by atoms with Crippen LogP contribution in [0.1, 0.15) is 39.5 Å². The van der Waals surface area contributed by atoms with Gasteiger partial charge in [0, 0.05) is 49.6 Å². The second-order valence-corrected chi connectivity index (χ2v) is 8.76. The Bertz CT molecular complexity index is 1360. The molecule has 1 saturated carbocycles. The van der Waals surface area contributed by atoms with Gasteiger partial charge in [0.1, 0.15) is 40.6 Å². The SMILES string of the molecule is CNC(=O)c1cc(Oc2ccc3c(c2)[C@H]2[C@H](CC(=O)Cc4ccc(F)c(C(F)(F)F)c4)[C@H]2O3)ccn1. The van der Waals surface area contributed by atoms with Crippen LogP contribution in [-0.4, -0.2) is 29.8 Å². The number of pyridine rings is 1. The van der Waals surface area contributed by atoms with Crippen molar-refractivity contribution in [2.45, 2.75) is 31.0 Å². The van der Waals surface area contributed by atoms with E-state index in [1.807, 2.05) is 6.07 Å². The summed E-state index contributed by atoms with van der Waals surface area (Å²) in [6.07, 6.45) is -3.62. The summed E-state index contributed by atoms with van der Waals surface area (Å²) in [6.45, 7) is 0. The third-order valence-corrected chi connectivity index (χ3v) is 6.33. The van der Waals surface area contributed by atoms with Gasteiger partial charge in [0.25, 0.3) is 5.91 Å². The van der Waals surface area contributed by atoms with Gasteiger partial charge in [-0.3, -0.25) is 14.6 Å². The standard InChI is InChI=1S/C26H20F4N2O4/c1-31-25(34)21-12-16(6-7-32-21)35-15-3-5-22-17(11-15)23-18(24(23)36-22)10-14(33)8-13-2-4-20(27)19(9-13)26(28,29)30/h2-7,9,11-12,18,23-24H,8,10H2,1H3,(H,31,34)/t18-,23-,24+/m0/s1. The van der Waals surface area contributed by atoms with E-state index >= 15 is 0 Å². The van der Waals surface area contributed by atoms with E-state index in [4.69, 9.17) is 9.47 Å². The fraction of sp³-hybridized carbons (Fsp3) is 0.269. The van der Waals surface area contributed by atoms with Crippen molar-refractivity contribution in [2.75, 3.05) is 7.05 Å². The molecule has 2 heterocycles. The third-order valence-electron chi connectivity index (χ3n) is 6.33. The van der Waals surface area contributed by atoms with Crippen molar-refractivity contribution in [3.63, 3.8) is 0 Å². The highest BCUT2D eigenvalue weighted by molar-refractivity contribution is 5.92. The number of benzene rings is 2. The van der Waals surface area contributed by atoms with Gasteiger partial charge in [-0.15, -0.1) is 0 Å². The van der Waals surface area contributed by atoms with Gasteiger partial charge in [-0.2, -0.15) is 13.2 Å². The number of Topliss-reactive ketones (excluding diaryl/α,β-unsaturated/α-hetero) is 1. The lowest BCUT2D eigenvalue weighted by molar-refractivity contribution is -0.140. The first kappa shape index (κ1) is 23.8. The zero-order chi connectivity index (χ0) is 25.6. The number of carbonyl (C=O) groups excluding carboxylic acids is 2. The first-order valence-corrected chi connectivity index (χ1v) is 11.2. The minimum atomic E-state index is -4.83. The van der Waals surface area contributed by atoms with E-state index in [0.29, 0.717) is 23.3 Å². The molecule has 5 rings (SSSR count). The second-order valence-electron chi connectivity index (χ2n) is 8.76. The van der Waals surface area contributed by atoms with Gasteiger partial charge in [-0.05, 0) is 42.0 Å². The number of fused-ring (bicyclic) bond motifs is 3. The number of hydrogen-bond acceptors (Lipinski definition) is 5. The molecule has 0 unspecified atom stereocenters. The average Bonchev–Trinajstić information content (AvgIpc) is 3.35. The molecule has 10 heteroatoms. The number of amides is 1. The van der Waals surface area contributed by atoms with Crippen LogP contribution in [0.5, 0.6) is 17.2 Å². The van der Waals surface area contributed by atoms with Crippen molar-refractivity contribution in [2.24, 2.45) is 5.92 Å². The van der Waals surface area contributed by atoms with Crippen LogP contribution < -0.4 is 14.8 Å². The van der Waals surface area contributed by atoms with Crippen LogP contribution in [0.3, 0.4) is 0 Å². The van der Waals surface area contributed by atoms with E-state index in [9.17, 15) is 27.2 Å². The summed E-state index contributed by atoms with van der Waals surface area (Å²) < 4.78 is 64.2. The predicted octanol–water partition coefficient (Wildman–Crippen LogP) is 5.07. The van der Waals surface area contributed by atoms with E-state index in [2.05, 4.69) is 10.3 Å². The molecule has 3 atom stereocenters. The molecule has 0 spiro atoms. The fourth-order valence-electron chi connectivity index (χ4n) is 4.58. The molecule has 6 nitrogen and oxygen atoms in total. The second kappa shape index (κ2) is 8.92. The molecule has 1 aliphatic carbocycles. The number of ether oxygens (including phenoxy) is 2. The van der Waals surface area contributed by atoms with Crippen LogP contribution >= 0.6 is 0 Å². The monoisotopic (exact) mass is 500 g/mol. The quantitative estimate of drug-likeness (QED) is 0.459. The first-order valence-electron chi connectivity index (χ1n) is 11.2. The van der Waals surface area contributed by atoms with E-state index in [1.54, 1.807) is 18.2 Å². The fourth-order valence-corrected chi connectivity index (χ4v) is 4.58. The number of ketones is 1. The molecule has 0 radical (unpaired) electrons. The van der Waals surface area contributed by atoms with Crippen LogP contribution in [0.25, 0.3) is 0 Å². The molecule has 36 heavy (non-hydrogen) atoms. The molecule has 1 aliphatic heterocycles. The van der Waals surface area contributed by atoms with E-state index < -0.39 is 17.6 Å². The van der Waals surface area contributed by atoms with Gasteiger partial charge in [0.15, 0.2) is 0 Å². The van der Waals surface area contributed by atoms with Gasteiger partial charge in [-0.1, -0.05) is 6.07 Å². The zero-order valence-corrected chi connectivity index (χ0v) is 18.9. The molecular formula is C26H20F4N2O4. The van der Waals surface area contributed by atoms with E-state index in [0.717, 1.165) is 11.6 Å². The number of hydrogen-bond donors (Lipinski definition) is 1. The van der Waals surface area contributed by atoms with Crippen LogP contribution in [0, 0.1) is 11.7 Å². The van der Waals surface area contributed by atoms with Gasteiger partial charge in [-0.25, -0.2) is 4.39 Å². The number of nitrogens with zero attached hydrogens (tertiary/aromatic N) is 1. The van der Waals surface area contributed by atoms with E-state index in [1.165, 1.54) is 25.4 Å². The Labute approximate surface area is 203 Å². The maximum Gasteiger partial charge on any atom is 0.419 e. The first-order chi connectivity index (χ1) is 17.1.